The number of benzene rings is 2. The van der Waals surface area contributed by atoms with Crippen LogP contribution in [0.2, 0.25) is 10.0 Å². The van der Waals surface area contributed by atoms with Crippen molar-refractivity contribution in [2.24, 2.45) is 5.73 Å². The van der Waals surface area contributed by atoms with Gasteiger partial charge in [-0.3, -0.25) is 4.79 Å². The van der Waals surface area contributed by atoms with Crippen molar-refractivity contribution in [2.45, 2.75) is 12.5 Å². The molecule has 0 radical (unpaired) electrons. The molecule has 6 N–H and O–H groups in total. The molecule has 0 unspecified atom stereocenters. The quantitative estimate of drug-likeness (QED) is 0.158. The fourth-order valence-electron chi connectivity index (χ4n) is 3.61. The highest BCUT2D eigenvalue weighted by Gasteiger charge is 2.20. The number of nitrogen functional groups attached to an aromatic ring is 1. The summed E-state index contributed by atoms with van der Waals surface area (Å²) >= 11 is 13.7. The van der Waals surface area contributed by atoms with Gasteiger partial charge in [0.1, 0.15) is 11.6 Å². The van der Waals surface area contributed by atoms with Crippen LogP contribution in [-0.2, 0) is 0 Å². The van der Waals surface area contributed by atoms with Gasteiger partial charge in [0, 0.05) is 22.3 Å². The predicted molar refractivity (Wildman–Crippen MR) is 161 cm³/mol. The monoisotopic (exact) mass is 597 g/mol. The zero-order chi connectivity index (χ0) is 28.6. The number of amides is 2. The highest BCUT2D eigenvalue weighted by Crippen LogP contribution is 2.29. The Bertz CT molecular complexity index is 1510. The van der Waals surface area contributed by atoms with Crippen LogP contribution in [0.25, 0.3) is 11.1 Å². The topological polar surface area (TPSA) is 158 Å². The van der Waals surface area contributed by atoms with Crippen LogP contribution in [-0.4, -0.2) is 44.8 Å². The minimum absolute atomic E-state index is 0.0764. The number of anilines is 3. The van der Waals surface area contributed by atoms with Gasteiger partial charge in [-0.2, -0.15) is 11.8 Å². The Morgan fingerprint density at radius 2 is 1.70 bits per heavy atom. The highest BCUT2D eigenvalue weighted by molar-refractivity contribution is 7.98. The first kappa shape index (κ1) is 29.1. The average molecular weight is 599 g/mol. The van der Waals surface area contributed by atoms with Gasteiger partial charge in [0.05, 0.1) is 34.8 Å². The van der Waals surface area contributed by atoms with Crippen LogP contribution in [0, 0.1) is 0 Å². The minimum atomic E-state index is -0.710. The molecule has 0 bridgehead atoms. The second-order valence-corrected chi connectivity index (χ2v) is 10.3. The van der Waals surface area contributed by atoms with Gasteiger partial charge in [-0.25, -0.2) is 19.7 Å². The van der Waals surface area contributed by atoms with E-state index in [0.717, 1.165) is 11.3 Å². The van der Waals surface area contributed by atoms with E-state index in [2.05, 4.69) is 25.6 Å². The SMILES string of the molecule is CSCC[C@H](N)C(=O)c1cc(Cl)ccc1NC(=O)Nc1cnc(Oc2ccc(-c3cc(Cl)cnc3N)cc2)nc1. The molecule has 2 heterocycles. The molecule has 0 spiro atoms. The first-order valence-electron chi connectivity index (χ1n) is 11.9. The maximum Gasteiger partial charge on any atom is 0.323 e. The van der Waals surface area contributed by atoms with E-state index in [9.17, 15) is 9.59 Å². The maximum atomic E-state index is 12.9. The van der Waals surface area contributed by atoms with Crippen LogP contribution in [0.4, 0.5) is 22.0 Å². The molecule has 0 saturated heterocycles. The van der Waals surface area contributed by atoms with E-state index in [4.69, 9.17) is 39.4 Å². The third-order valence-corrected chi connectivity index (χ3v) is 6.70. The molecule has 13 heteroatoms. The number of thioether (sulfide) groups is 1. The number of ether oxygens (including phenoxy) is 1. The summed E-state index contributed by atoms with van der Waals surface area (Å²) in [6, 6.07) is 12.2. The fraction of sp³-hybridized carbons (Fsp3) is 0.148. The minimum Gasteiger partial charge on any atom is -0.424 e. The number of nitrogens with one attached hydrogen (secondary N) is 2. The summed E-state index contributed by atoms with van der Waals surface area (Å²) in [5, 5.41) is 6.12. The van der Waals surface area contributed by atoms with Gasteiger partial charge in [0.25, 0.3) is 0 Å². The summed E-state index contributed by atoms with van der Waals surface area (Å²) in [5.41, 5.74) is 14.3. The molecule has 4 rings (SSSR count). The number of hydrogen-bond donors (Lipinski definition) is 4. The Balaban J connectivity index is 1.37. The predicted octanol–water partition coefficient (Wildman–Crippen LogP) is 6.13. The second-order valence-electron chi connectivity index (χ2n) is 8.49. The zero-order valence-corrected chi connectivity index (χ0v) is 23.6. The highest BCUT2D eigenvalue weighted by atomic mass is 35.5. The molecule has 0 saturated carbocycles. The van der Waals surface area contributed by atoms with E-state index in [1.54, 1.807) is 42.1 Å². The Labute approximate surface area is 244 Å². The molecule has 2 amide bonds. The number of rotatable bonds is 10. The van der Waals surface area contributed by atoms with E-state index in [-0.39, 0.29) is 23.0 Å². The molecule has 40 heavy (non-hydrogen) atoms. The van der Waals surface area contributed by atoms with Gasteiger partial charge >= 0.3 is 12.0 Å². The molecule has 0 aliphatic carbocycles. The first-order chi connectivity index (χ1) is 19.2. The van der Waals surface area contributed by atoms with Gasteiger partial charge in [0.2, 0.25) is 0 Å². The van der Waals surface area contributed by atoms with Crippen molar-refractivity contribution < 1.29 is 14.3 Å². The number of nitrogens with zero attached hydrogens (tertiary/aromatic N) is 3. The Kier molecular flexibility index (Phi) is 9.78. The van der Waals surface area contributed by atoms with Crippen LogP contribution < -0.4 is 26.8 Å². The van der Waals surface area contributed by atoms with E-state index < -0.39 is 12.1 Å². The van der Waals surface area contributed by atoms with Gasteiger partial charge < -0.3 is 26.8 Å². The van der Waals surface area contributed by atoms with Crippen LogP contribution in [0.5, 0.6) is 11.8 Å². The lowest BCUT2D eigenvalue weighted by atomic mass is 10.0. The molecule has 2 aromatic heterocycles. The summed E-state index contributed by atoms with van der Waals surface area (Å²) in [7, 11) is 0. The molecular weight excluding hydrogens is 573 g/mol. The van der Waals surface area contributed by atoms with Gasteiger partial charge in [-0.1, -0.05) is 35.3 Å². The number of carbonyl (C=O) groups is 2. The van der Waals surface area contributed by atoms with Crippen LogP contribution in [0.1, 0.15) is 16.8 Å². The third kappa shape index (κ3) is 7.60. The lowest BCUT2D eigenvalue weighted by Crippen LogP contribution is -2.32. The largest absolute Gasteiger partial charge is 0.424 e. The van der Waals surface area contributed by atoms with E-state index in [1.807, 2.05) is 18.4 Å². The Hall–Kier alpha value is -3.90. The Morgan fingerprint density at radius 3 is 2.40 bits per heavy atom. The number of hydrogen-bond acceptors (Lipinski definition) is 9. The summed E-state index contributed by atoms with van der Waals surface area (Å²) in [5.74, 6) is 1.28. The number of halogens is 2. The van der Waals surface area contributed by atoms with Crippen molar-refractivity contribution in [1.82, 2.24) is 15.0 Å². The van der Waals surface area contributed by atoms with Gasteiger partial charge in [-0.15, -0.1) is 0 Å². The van der Waals surface area contributed by atoms with Gasteiger partial charge in [-0.05, 0) is 60.4 Å². The standard InChI is InChI=1S/C27H25Cl2N7O3S/c1-40-9-8-22(30)24(37)21-10-16(28)4-7-23(21)36-26(38)35-18-13-33-27(34-14-18)39-19-5-2-15(3-6-19)20-11-17(29)12-32-25(20)31/h2-7,10-14,22H,8-9,30H2,1H3,(H2,31,32)(H2,35,36,38)/t22-/m0/s1. The van der Waals surface area contributed by atoms with Crippen molar-refractivity contribution in [3.8, 4) is 22.9 Å². The second kappa shape index (κ2) is 13.4. The normalized spacial score (nSPS) is 11.5. The fourth-order valence-corrected chi connectivity index (χ4v) is 4.43. The number of ketones is 1. The van der Waals surface area contributed by atoms with Crippen molar-refractivity contribution in [1.29, 1.82) is 0 Å². The number of carbonyl (C=O) groups excluding carboxylic acids is 2. The number of aromatic nitrogens is 3. The summed E-state index contributed by atoms with van der Waals surface area (Å²) in [4.78, 5) is 37.8. The first-order valence-corrected chi connectivity index (χ1v) is 14.1. The summed E-state index contributed by atoms with van der Waals surface area (Å²) in [6.07, 6.45) is 6.70. The Morgan fingerprint density at radius 1 is 0.975 bits per heavy atom. The van der Waals surface area contributed by atoms with Gasteiger partial charge in [0.15, 0.2) is 5.78 Å². The third-order valence-electron chi connectivity index (χ3n) is 5.61. The molecule has 0 aliphatic rings. The molecular formula is C27H25Cl2N7O3S. The molecule has 206 valence electrons. The van der Waals surface area contributed by atoms with E-state index in [1.165, 1.54) is 24.7 Å². The molecule has 2 aromatic carbocycles. The average Bonchev–Trinajstić information content (AvgIpc) is 2.95. The van der Waals surface area contributed by atoms with Crippen LogP contribution in [0.15, 0.2) is 67.1 Å². The molecule has 1 atom stereocenters. The van der Waals surface area contributed by atoms with Crippen LogP contribution >= 0.6 is 35.0 Å². The van der Waals surface area contributed by atoms with Crippen molar-refractivity contribution in [3.05, 3.63) is 82.7 Å². The van der Waals surface area contributed by atoms with Crippen molar-refractivity contribution >= 4 is 64.0 Å². The molecule has 10 nitrogen and oxygen atoms in total. The van der Waals surface area contributed by atoms with Crippen molar-refractivity contribution in [2.75, 3.05) is 28.4 Å². The number of Topliss-reactive ketones (excluding diaryl/α,β-unsaturated/α-hetero) is 1. The molecule has 0 fully saturated rings. The van der Waals surface area contributed by atoms with Crippen molar-refractivity contribution in [3.63, 3.8) is 0 Å². The lowest BCUT2D eigenvalue weighted by molar-refractivity contribution is 0.0960. The maximum absolute atomic E-state index is 12.9. The molecule has 0 aliphatic heterocycles. The van der Waals surface area contributed by atoms with Crippen LogP contribution in [0.3, 0.4) is 0 Å². The smallest absolute Gasteiger partial charge is 0.323 e. The number of pyridine rings is 1. The van der Waals surface area contributed by atoms with E-state index in [0.29, 0.717) is 39.3 Å². The summed E-state index contributed by atoms with van der Waals surface area (Å²) in [6.45, 7) is 0. The zero-order valence-electron chi connectivity index (χ0n) is 21.2. The number of urea groups is 1. The summed E-state index contributed by atoms with van der Waals surface area (Å²) < 4.78 is 5.70. The molecule has 4 aromatic rings. The lowest BCUT2D eigenvalue weighted by Gasteiger charge is -2.15. The number of nitrogens with two attached hydrogens (primary N) is 2. The van der Waals surface area contributed by atoms with E-state index >= 15 is 0 Å².